The third kappa shape index (κ3) is 3.72. The molecule has 1 atom stereocenters. The molecule has 1 N–H and O–H groups in total. The minimum absolute atomic E-state index is 0.267. The SMILES string of the molecule is CN[C@@H](OC(=O)C(C)(C)C)c1ccccc1Cl. The van der Waals surface area contributed by atoms with E-state index in [-0.39, 0.29) is 5.97 Å². The molecule has 0 aliphatic heterocycles. The summed E-state index contributed by atoms with van der Waals surface area (Å²) in [7, 11) is 1.73. The second kappa shape index (κ2) is 5.52. The molecule has 17 heavy (non-hydrogen) atoms. The van der Waals surface area contributed by atoms with E-state index in [0.717, 1.165) is 5.56 Å². The summed E-state index contributed by atoms with van der Waals surface area (Å²) < 4.78 is 5.40. The van der Waals surface area contributed by atoms with Gasteiger partial charge in [-0.1, -0.05) is 29.8 Å². The summed E-state index contributed by atoms with van der Waals surface area (Å²) >= 11 is 6.06. The molecular formula is C13H18ClNO2. The Kier molecular flexibility index (Phi) is 4.54. The fourth-order valence-electron chi connectivity index (χ4n) is 1.25. The molecule has 0 bridgehead atoms. The Morgan fingerprint density at radius 3 is 2.41 bits per heavy atom. The van der Waals surface area contributed by atoms with Gasteiger partial charge in [0, 0.05) is 10.6 Å². The van der Waals surface area contributed by atoms with Crippen molar-refractivity contribution in [1.29, 1.82) is 0 Å². The van der Waals surface area contributed by atoms with E-state index in [4.69, 9.17) is 16.3 Å². The number of carbonyl (C=O) groups is 1. The van der Waals surface area contributed by atoms with Crippen LogP contribution >= 0.6 is 11.6 Å². The highest BCUT2D eigenvalue weighted by molar-refractivity contribution is 6.31. The maximum atomic E-state index is 11.8. The highest BCUT2D eigenvalue weighted by Crippen LogP contribution is 2.26. The van der Waals surface area contributed by atoms with E-state index in [2.05, 4.69) is 5.32 Å². The lowest BCUT2D eigenvalue weighted by molar-refractivity contribution is -0.160. The molecule has 0 amide bonds. The molecule has 0 spiro atoms. The van der Waals surface area contributed by atoms with Gasteiger partial charge in [0.2, 0.25) is 0 Å². The van der Waals surface area contributed by atoms with Crippen LogP contribution in [0.5, 0.6) is 0 Å². The molecule has 0 aromatic heterocycles. The predicted octanol–water partition coefficient (Wildman–Crippen LogP) is 3.15. The van der Waals surface area contributed by atoms with E-state index >= 15 is 0 Å². The van der Waals surface area contributed by atoms with E-state index < -0.39 is 11.6 Å². The zero-order chi connectivity index (χ0) is 13.1. The zero-order valence-electron chi connectivity index (χ0n) is 10.6. The highest BCUT2D eigenvalue weighted by atomic mass is 35.5. The topological polar surface area (TPSA) is 38.3 Å². The van der Waals surface area contributed by atoms with Crippen molar-refractivity contribution in [3.63, 3.8) is 0 Å². The first-order valence-corrected chi connectivity index (χ1v) is 5.87. The van der Waals surface area contributed by atoms with Crippen LogP contribution in [-0.2, 0) is 9.53 Å². The fourth-order valence-corrected chi connectivity index (χ4v) is 1.48. The van der Waals surface area contributed by atoms with Crippen molar-refractivity contribution in [2.45, 2.75) is 27.0 Å². The molecule has 0 aliphatic rings. The largest absolute Gasteiger partial charge is 0.442 e. The first-order chi connectivity index (χ1) is 7.86. The lowest BCUT2D eigenvalue weighted by Gasteiger charge is -2.23. The molecule has 1 rings (SSSR count). The second-order valence-corrected chi connectivity index (χ2v) is 5.25. The molecule has 1 aromatic rings. The van der Waals surface area contributed by atoms with Crippen LogP contribution in [-0.4, -0.2) is 13.0 Å². The number of ether oxygens (including phenoxy) is 1. The standard InChI is InChI=1S/C13H18ClNO2/c1-13(2,3)12(16)17-11(15-4)9-7-5-6-8-10(9)14/h5-8,11,15H,1-4H3/t11-/m0/s1. The number of hydrogen-bond donors (Lipinski definition) is 1. The quantitative estimate of drug-likeness (QED) is 0.666. The highest BCUT2D eigenvalue weighted by Gasteiger charge is 2.27. The van der Waals surface area contributed by atoms with Crippen molar-refractivity contribution in [2.24, 2.45) is 5.41 Å². The van der Waals surface area contributed by atoms with Gasteiger partial charge in [0.1, 0.15) is 0 Å². The number of carbonyl (C=O) groups excluding carboxylic acids is 1. The molecule has 1 aromatic carbocycles. The molecule has 0 heterocycles. The average Bonchev–Trinajstić information content (AvgIpc) is 2.25. The van der Waals surface area contributed by atoms with E-state index in [1.54, 1.807) is 13.1 Å². The molecule has 4 heteroatoms. The van der Waals surface area contributed by atoms with Crippen molar-refractivity contribution in [3.05, 3.63) is 34.9 Å². The van der Waals surface area contributed by atoms with Crippen molar-refractivity contribution in [3.8, 4) is 0 Å². The van der Waals surface area contributed by atoms with Crippen molar-refractivity contribution >= 4 is 17.6 Å². The van der Waals surface area contributed by atoms with Gasteiger partial charge in [-0.2, -0.15) is 0 Å². The number of hydrogen-bond acceptors (Lipinski definition) is 3. The monoisotopic (exact) mass is 255 g/mol. The van der Waals surface area contributed by atoms with E-state index in [1.807, 2.05) is 39.0 Å². The van der Waals surface area contributed by atoms with Crippen molar-refractivity contribution in [1.82, 2.24) is 5.32 Å². The summed E-state index contributed by atoms with van der Waals surface area (Å²) in [6.45, 7) is 5.44. The Balaban J connectivity index is 2.87. The van der Waals surface area contributed by atoms with E-state index in [9.17, 15) is 4.79 Å². The molecule has 94 valence electrons. The first-order valence-electron chi connectivity index (χ1n) is 5.49. The number of rotatable bonds is 3. The maximum absolute atomic E-state index is 11.8. The number of benzene rings is 1. The minimum Gasteiger partial charge on any atom is -0.442 e. The van der Waals surface area contributed by atoms with Gasteiger partial charge in [0.15, 0.2) is 6.23 Å². The zero-order valence-corrected chi connectivity index (χ0v) is 11.3. The molecule has 0 fully saturated rings. The number of nitrogens with one attached hydrogen (secondary N) is 1. The van der Waals surface area contributed by atoms with Crippen molar-refractivity contribution in [2.75, 3.05) is 7.05 Å². The molecule has 0 radical (unpaired) electrons. The summed E-state index contributed by atoms with van der Waals surface area (Å²) in [5.41, 5.74) is 0.227. The summed E-state index contributed by atoms with van der Waals surface area (Å²) in [5, 5.41) is 3.51. The molecule has 0 saturated heterocycles. The molecule has 3 nitrogen and oxygen atoms in total. The lowest BCUT2D eigenvalue weighted by Crippen LogP contribution is -2.30. The van der Waals surface area contributed by atoms with Gasteiger partial charge in [-0.3, -0.25) is 10.1 Å². The average molecular weight is 256 g/mol. The third-order valence-corrected chi connectivity index (χ3v) is 2.63. The molecule has 0 saturated carbocycles. The summed E-state index contributed by atoms with van der Waals surface area (Å²) in [6.07, 6.45) is -0.518. The second-order valence-electron chi connectivity index (χ2n) is 4.85. The minimum atomic E-state index is -0.531. The molecule has 0 aliphatic carbocycles. The Bertz CT molecular complexity index is 399. The molecular weight excluding hydrogens is 238 g/mol. The maximum Gasteiger partial charge on any atom is 0.313 e. The van der Waals surface area contributed by atoms with Crippen LogP contribution in [0.3, 0.4) is 0 Å². The molecule has 0 unspecified atom stereocenters. The third-order valence-electron chi connectivity index (χ3n) is 2.29. The van der Waals surface area contributed by atoms with Crippen LogP contribution in [0.15, 0.2) is 24.3 Å². The van der Waals surface area contributed by atoms with Crippen LogP contribution in [0, 0.1) is 5.41 Å². The summed E-state index contributed by atoms with van der Waals surface area (Å²) in [6, 6.07) is 7.30. The van der Waals surface area contributed by atoms with Gasteiger partial charge in [-0.25, -0.2) is 0 Å². The fraction of sp³-hybridized carbons (Fsp3) is 0.462. The summed E-state index contributed by atoms with van der Waals surface area (Å²) in [4.78, 5) is 11.8. The van der Waals surface area contributed by atoms with Gasteiger partial charge in [0.25, 0.3) is 0 Å². The van der Waals surface area contributed by atoms with Gasteiger partial charge < -0.3 is 4.74 Å². The Morgan fingerprint density at radius 2 is 1.94 bits per heavy atom. The van der Waals surface area contributed by atoms with Gasteiger partial charge in [-0.05, 0) is 33.9 Å². The van der Waals surface area contributed by atoms with E-state index in [1.165, 1.54) is 0 Å². The van der Waals surface area contributed by atoms with E-state index in [0.29, 0.717) is 5.02 Å². The van der Waals surface area contributed by atoms with Crippen LogP contribution in [0.4, 0.5) is 0 Å². The van der Waals surface area contributed by atoms with Gasteiger partial charge in [-0.15, -0.1) is 0 Å². The summed E-state index contributed by atoms with van der Waals surface area (Å²) in [5.74, 6) is -0.267. The Labute approximate surface area is 107 Å². The van der Waals surface area contributed by atoms with Crippen LogP contribution in [0.1, 0.15) is 32.6 Å². The number of esters is 1. The van der Waals surface area contributed by atoms with Crippen LogP contribution < -0.4 is 5.32 Å². The first kappa shape index (κ1) is 14.0. The van der Waals surface area contributed by atoms with Gasteiger partial charge in [0.05, 0.1) is 5.41 Å². The van der Waals surface area contributed by atoms with Crippen molar-refractivity contribution < 1.29 is 9.53 Å². The Morgan fingerprint density at radius 1 is 1.35 bits per heavy atom. The lowest BCUT2D eigenvalue weighted by atomic mass is 9.97. The predicted molar refractivity (Wildman–Crippen MR) is 68.8 cm³/mol. The smallest absolute Gasteiger partial charge is 0.313 e. The van der Waals surface area contributed by atoms with Crippen LogP contribution in [0.2, 0.25) is 5.02 Å². The van der Waals surface area contributed by atoms with Crippen LogP contribution in [0.25, 0.3) is 0 Å². The normalized spacial score (nSPS) is 13.2. The van der Waals surface area contributed by atoms with Gasteiger partial charge >= 0.3 is 5.97 Å². The Hall–Kier alpha value is -1.06. The number of halogens is 1.